The van der Waals surface area contributed by atoms with Crippen LogP contribution in [0.15, 0.2) is 40.3 Å². The molecule has 1 aliphatic heterocycles. The highest BCUT2D eigenvalue weighted by molar-refractivity contribution is 7.99. The molecule has 4 nitrogen and oxygen atoms in total. The number of aromatic nitrogens is 2. The molecule has 0 spiro atoms. The van der Waals surface area contributed by atoms with Crippen LogP contribution in [0.5, 0.6) is 5.75 Å². The van der Waals surface area contributed by atoms with Crippen LogP contribution >= 0.6 is 11.8 Å². The average Bonchev–Trinajstić information content (AvgIpc) is 2.87. The number of nitrogens with zero attached hydrogens (tertiary/aromatic N) is 2. The molecular formula is C13H12N2O2S. The zero-order valence-electron chi connectivity index (χ0n) is 9.92. The fourth-order valence-corrected chi connectivity index (χ4v) is 2.92. The second-order valence-corrected chi connectivity index (χ2v) is 5.06. The lowest BCUT2D eigenvalue weighted by Crippen LogP contribution is -2.19. The van der Waals surface area contributed by atoms with Crippen molar-refractivity contribution in [2.24, 2.45) is 0 Å². The molecule has 0 fully saturated rings. The van der Waals surface area contributed by atoms with E-state index in [-0.39, 0.29) is 5.56 Å². The Morgan fingerprint density at radius 3 is 3.11 bits per heavy atom. The Morgan fingerprint density at radius 1 is 1.39 bits per heavy atom. The van der Waals surface area contributed by atoms with Crippen molar-refractivity contribution >= 4 is 11.8 Å². The standard InChI is InChI=1S/C13H12N2O2S/c1-17-10-4-2-3-9(7-10)11-8-12(16)15-5-6-18-13(15)14-11/h2-4,7-8H,5-6H2,1H3. The van der Waals surface area contributed by atoms with Gasteiger partial charge in [0, 0.05) is 23.9 Å². The first-order valence-electron chi connectivity index (χ1n) is 5.67. The Hall–Kier alpha value is -1.75. The van der Waals surface area contributed by atoms with Crippen LogP contribution in [0.3, 0.4) is 0 Å². The van der Waals surface area contributed by atoms with E-state index in [2.05, 4.69) is 4.98 Å². The third kappa shape index (κ3) is 1.90. The van der Waals surface area contributed by atoms with Gasteiger partial charge in [0.15, 0.2) is 5.16 Å². The van der Waals surface area contributed by atoms with Gasteiger partial charge >= 0.3 is 0 Å². The van der Waals surface area contributed by atoms with E-state index < -0.39 is 0 Å². The molecule has 1 aromatic carbocycles. The van der Waals surface area contributed by atoms with Crippen LogP contribution in [0.2, 0.25) is 0 Å². The van der Waals surface area contributed by atoms with Crippen molar-refractivity contribution in [3.8, 4) is 17.0 Å². The highest BCUT2D eigenvalue weighted by Gasteiger charge is 2.15. The van der Waals surface area contributed by atoms with Gasteiger partial charge in [-0.15, -0.1) is 0 Å². The summed E-state index contributed by atoms with van der Waals surface area (Å²) in [5, 5.41) is 0.806. The van der Waals surface area contributed by atoms with Gasteiger partial charge in [0.1, 0.15) is 5.75 Å². The van der Waals surface area contributed by atoms with Gasteiger partial charge in [0.25, 0.3) is 5.56 Å². The molecule has 5 heteroatoms. The third-order valence-electron chi connectivity index (χ3n) is 2.88. The van der Waals surface area contributed by atoms with Crippen molar-refractivity contribution in [2.75, 3.05) is 12.9 Å². The van der Waals surface area contributed by atoms with Crippen molar-refractivity contribution in [2.45, 2.75) is 11.7 Å². The molecule has 0 aliphatic carbocycles. The van der Waals surface area contributed by atoms with Crippen molar-refractivity contribution in [1.29, 1.82) is 0 Å². The quantitative estimate of drug-likeness (QED) is 0.775. The van der Waals surface area contributed by atoms with Gasteiger partial charge in [-0.1, -0.05) is 23.9 Å². The molecule has 92 valence electrons. The average molecular weight is 260 g/mol. The zero-order valence-corrected chi connectivity index (χ0v) is 10.7. The number of methoxy groups -OCH3 is 1. The van der Waals surface area contributed by atoms with Crippen LogP contribution in [0, 0.1) is 0 Å². The first kappa shape index (κ1) is 11.3. The van der Waals surface area contributed by atoms with E-state index in [4.69, 9.17) is 4.74 Å². The van der Waals surface area contributed by atoms with Crippen LogP contribution in [0.25, 0.3) is 11.3 Å². The topological polar surface area (TPSA) is 44.1 Å². The number of ether oxygens (including phenoxy) is 1. The smallest absolute Gasteiger partial charge is 0.254 e. The Balaban J connectivity index is 2.12. The molecule has 0 radical (unpaired) electrons. The second-order valence-electron chi connectivity index (χ2n) is 3.99. The van der Waals surface area contributed by atoms with Crippen LogP contribution in [0.4, 0.5) is 0 Å². The Kier molecular flexibility index (Phi) is 2.83. The maximum atomic E-state index is 11.9. The molecule has 3 rings (SSSR count). The summed E-state index contributed by atoms with van der Waals surface area (Å²) in [6, 6.07) is 9.18. The highest BCUT2D eigenvalue weighted by Crippen LogP contribution is 2.26. The number of thioether (sulfide) groups is 1. The minimum atomic E-state index is 0.0165. The summed E-state index contributed by atoms with van der Waals surface area (Å²) < 4.78 is 6.90. The Labute approximate surface area is 109 Å². The summed E-state index contributed by atoms with van der Waals surface area (Å²) in [6.07, 6.45) is 0. The summed E-state index contributed by atoms with van der Waals surface area (Å²) in [6.45, 7) is 0.754. The molecule has 1 aromatic heterocycles. The van der Waals surface area contributed by atoms with Gasteiger partial charge in [-0.05, 0) is 12.1 Å². The highest BCUT2D eigenvalue weighted by atomic mass is 32.2. The molecule has 0 N–H and O–H groups in total. The van der Waals surface area contributed by atoms with Crippen molar-refractivity contribution in [3.63, 3.8) is 0 Å². The number of hydrogen-bond acceptors (Lipinski definition) is 4. The minimum Gasteiger partial charge on any atom is -0.497 e. The SMILES string of the molecule is COc1cccc(-c2cc(=O)n3c(n2)SCC3)c1. The summed E-state index contributed by atoms with van der Waals surface area (Å²) in [5.74, 6) is 1.69. The zero-order chi connectivity index (χ0) is 12.5. The number of fused-ring (bicyclic) bond motifs is 1. The van der Waals surface area contributed by atoms with Gasteiger partial charge in [-0.25, -0.2) is 4.98 Å². The van der Waals surface area contributed by atoms with Crippen LogP contribution < -0.4 is 10.3 Å². The lowest BCUT2D eigenvalue weighted by molar-refractivity contribution is 0.415. The molecule has 1 aliphatic rings. The van der Waals surface area contributed by atoms with Gasteiger partial charge in [-0.3, -0.25) is 9.36 Å². The molecular weight excluding hydrogens is 248 g/mol. The molecule has 0 atom stereocenters. The predicted molar refractivity (Wildman–Crippen MR) is 71.2 cm³/mol. The molecule has 0 amide bonds. The van der Waals surface area contributed by atoms with E-state index in [1.165, 1.54) is 0 Å². The van der Waals surface area contributed by atoms with E-state index >= 15 is 0 Å². The van der Waals surface area contributed by atoms with Gasteiger partial charge in [0.05, 0.1) is 12.8 Å². The maximum Gasteiger partial charge on any atom is 0.254 e. The van der Waals surface area contributed by atoms with E-state index in [9.17, 15) is 4.79 Å². The largest absolute Gasteiger partial charge is 0.497 e. The van der Waals surface area contributed by atoms with Gasteiger partial charge < -0.3 is 4.74 Å². The summed E-state index contributed by atoms with van der Waals surface area (Å²) in [5.41, 5.74) is 1.63. The van der Waals surface area contributed by atoms with Crippen molar-refractivity contribution < 1.29 is 4.74 Å². The lowest BCUT2D eigenvalue weighted by Gasteiger charge is -2.06. The van der Waals surface area contributed by atoms with E-state index in [0.717, 1.165) is 28.8 Å². The van der Waals surface area contributed by atoms with Crippen LogP contribution in [0.1, 0.15) is 0 Å². The normalized spacial score (nSPS) is 13.4. The second kappa shape index (κ2) is 4.49. The summed E-state index contributed by atoms with van der Waals surface area (Å²) in [4.78, 5) is 16.5. The van der Waals surface area contributed by atoms with E-state index in [1.807, 2.05) is 24.3 Å². The van der Waals surface area contributed by atoms with Gasteiger partial charge in [-0.2, -0.15) is 0 Å². The fourth-order valence-electron chi connectivity index (χ4n) is 1.96. The minimum absolute atomic E-state index is 0.0165. The molecule has 0 saturated carbocycles. The number of benzene rings is 1. The number of hydrogen-bond donors (Lipinski definition) is 0. The lowest BCUT2D eigenvalue weighted by atomic mass is 10.1. The molecule has 0 bridgehead atoms. The van der Waals surface area contributed by atoms with E-state index in [1.54, 1.807) is 29.5 Å². The van der Waals surface area contributed by atoms with E-state index in [0.29, 0.717) is 5.69 Å². The fraction of sp³-hybridized carbons (Fsp3) is 0.231. The van der Waals surface area contributed by atoms with Gasteiger partial charge in [0.2, 0.25) is 0 Å². The Bertz CT molecular complexity index is 652. The van der Waals surface area contributed by atoms with Crippen LogP contribution in [-0.4, -0.2) is 22.4 Å². The molecule has 18 heavy (non-hydrogen) atoms. The van der Waals surface area contributed by atoms with Crippen molar-refractivity contribution in [1.82, 2.24) is 9.55 Å². The number of rotatable bonds is 2. The molecule has 2 heterocycles. The summed E-state index contributed by atoms with van der Waals surface area (Å²) in [7, 11) is 1.62. The molecule has 0 saturated heterocycles. The first-order valence-corrected chi connectivity index (χ1v) is 6.65. The first-order chi connectivity index (χ1) is 8.78. The van der Waals surface area contributed by atoms with Crippen LogP contribution in [-0.2, 0) is 6.54 Å². The molecule has 2 aromatic rings. The third-order valence-corrected chi connectivity index (χ3v) is 3.84. The van der Waals surface area contributed by atoms with Crippen molar-refractivity contribution in [3.05, 3.63) is 40.7 Å². The summed E-state index contributed by atoms with van der Waals surface area (Å²) >= 11 is 1.62. The maximum absolute atomic E-state index is 11.9. The predicted octanol–water partition coefficient (Wildman–Crippen LogP) is 2.02. The monoisotopic (exact) mass is 260 g/mol. The Morgan fingerprint density at radius 2 is 2.28 bits per heavy atom. The molecule has 0 unspecified atom stereocenters.